The Bertz CT molecular complexity index is 345. The van der Waals surface area contributed by atoms with E-state index >= 15 is 0 Å². The van der Waals surface area contributed by atoms with Crippen molar-refractivity contribution >= 4 is 43.5 Å². The van der Waals surface area contributed by atoms with Crippen LogP contribution in [0, 0.1) is 5.92 Å². The number of benzene rings is 1. The normalized spacial score (nSPS) is 12.5. The lowest BCUT2D eigenvalue weighted by molar-refractivity contribution is 0.249. The molecule has 0 fully saturated rings. The van der Waals surface area contributed by atoms with Crippen LogP contribution in [0.1, 0.15) is 32.3 Å². The average Bonchev–Trinajstić information content (AvgIpc) is 2.28. The Kier molecular flexibility index (Phi) is 6.90. The molecule has 0 aromatic heterocycles. The van der Waals surface area contributed by atoms with Gasteiger partial charge in [-0.2, -0.15) is 0 Å². The highest BCUT2D eigenvalue weighted by Crippen LogP contribution is 2.35. The van der Waals surface area contributed by atoms with E-state index in [-0.39, 0.29) is 0 Å². The van der Waals surface area contributed by atoms with Crippen molar-refractivity contribution in [1.82, 2.24) is 0 Å². The minimum Gasteiger partial charge on any atom is -0.491 e. The number of hydrogen-bond donors (Lipinski definition) is 0. The molecule has 0 aliphatic carbocycles. The Balaban J connectivity index is 2.71. The van der Waals surface area contributed by atoms with E-state index in [4.69, 9.17) is 16.3 Å². The molecule has 1 rings (SSSR count). The molecule has 1 atom stereocenters. The maximum absolute atomic E-state index is 5.84. The van der Waals surface area contributed by atoms with Gasteiger partial charge in [0.1, 0.15) is 5.75 Å². The zero-order valence-electron chi connectivity index (χ0n) is 10.1. The summed E-state index contributed by atoms with van der Waals surface area (Å²) >= 11 is 12.8. The first kappa shape index (κ1) is 15.3. The molecule has 1 aromatic rings. The third-order valence-corrected chi connectivity index (χ3v) is 3.99. The van der Waals surface area contributed by atoms with E-state index in [2.05, 4.69) is 45.7 Å². The van der Waals surface area contributed by atoms with Crippen molar-refractivity contribution in [3.05, 3.63) is 26.6 Å². The van der Waals surface area contributed by atoms with E-state index in [1.807, 2.05) is 12.1 Å². The van der Waals surface area contributed by atoms with Gasteiger partial charge in [0.2, 0.25) is 0 Å². The van der Waals surface area contributed by atoms with Crippen LogP contribution in [0.5, 0.6) is 5.75 Å². The van der Waals surface area contributed by atoms with Crippen molar-refractivity contribution in [2.45, 2.75) is 32.6 Å². The maximum Gasteiger partial charge on any atom is 0.147 e. The van der Waals surface area contributed by atoms with E-state index in [1.165, 1.54) is 12.8 Å². The molecule has 0 bridgehead atoms. The SMILES string of the molecule is CCCC(C)COc1c(Br)cc(CCl)cc1Br. The smallest absolute Gasteiger partial charge is 0.147 e. The van der Waals surface area contributed by atoms with Gasteiger partial charge >= 0.3 is 0 Å². The first-order valence-corrected chi connectivity index (χ1v) is 7.87. The third-order valence-electron chi connectivity index (χ3n) is 2.51. The van der Waals surface area contributed by atoms with Crippen molar-refractivity contribution in [2.24, 2.45) is 5.92 Å². The van der Waals surface area contributed by atoms with Crippen LogP contribution < -0.4 is 4.74 Å². The van der Waals surface area contributed by atoms with E-state index < -0.39 is 0 Å². The summed E-state index contributed by atoms with van der Waals surface area (Å²) in [5.74, 6) is 1.94. The number of alkyl halides is 1. The van der Waals surface area contributed by atoms with Crippen LogP contribution in [0.4, 0.5) is 0 Å². The molecule has 4 heteroatoms. The molecule has 0 heterocycles. The van der Waals surface area contributed by atoms with Gasteiger partial charge in [0.25, 0.3) is 0 Å². The maximum atomic E-state index is 5.84. The fourth-order valence-electron chi connectivity index (χ4n) is 1.63. The lowest BCUT2D eigenvalue weighted by atomic mass is 10.1. The van der Waals surface area contributed by atoms with Crippen LogP contribution in [0.15, 0.2) is 21.1 Å². The molecule has 0 aliphatic rings. The summed E-state index contributed by atoms with van der Waals surface area (Å²) in [5.41, 5.74) is 1.07. The number of hydrogen-bond acceptors (Lipinski definition) is 1. The molecule has 17 heavy (non-hydrogen) atoms. The Hall–Kier alpha value is 0.270. The van der Waals surface area contributed by atoms with Crippen LogP contribution in [-0.2, 0) is 5.88 Å². The van der Waals surface area contributed by atoms with Crippen LogP contribution >= 0.6 is 43.5 Å². The molecule has 0 spiro atoms. The Morgan fingerprint density at radius 3 is 2.35 bits per heavy atom. The van der Waals surface area contributed by atoms with Gasteiger partial charge in [-0.05, 0) is 61.9 Å². The van der Waals surface area contributed by atoms with Gasteiger partial charge in [0, 0.05) is 5.88 Å². The highest BCUT2D eigenvalue weighted by molar-refractivity contribution is 9.11. The molecular weight excluding hydrogens is 367 g/mol. The second kappa shape index (κ2) is 7.65. The molecule has 0 amide bonds. The van der Waals surface area contributed by atoms with E-state index in [1.54, 1.807) is 0 Å². The van der Waals surface area contributed by atoms with Gasteiger partial charge in [-0.1, -0.05) is 20.3 Å². The Morgan fingerprint density at radius 2 is 1.88 bits per heavy atom. The zero-order chi connectivity index (χ0) is 12.8. The standard InChI is InChI=1S/C13H17Br2ClO/c1-3-4-9(2)8-17-13-11(14)5-10(7-16)6-12(13)15/h5-6,9H,3-4,7-8H2,1-2H3. The number of rotatable bonds is 6. The van der Waals surface area contributed by atoms with Gasteiger partial charge in [-0.15, -0.1) is 11.6 Å². The van der Waals surface area contributed by atoms with E-state index in [0.29, 0.717) is 11.8 Å². The second-order valence-corrected chi connectivity index (χ2v) is 6.20. The predicted molar refractivity (Wildman–Crippen MR) is 81.0 cm³/mol. The second-order valence-electron chi connectivity index (χ2n) is 4.23. The molecule has 0 saturated heterocycles. The van der Waals surface area contributed by atoms with Gasteiger partial charge < -0.3 is 4.74 Å². The molecule has 0 radical (unpaired) electrons. The lowest BCUT2D eigenvalue weighted by Crippen LogP contribution is -2.09. The number of halogens is 3. The zero-order valence-corrected chi connectivity index (χ0v) is 14.0. The van der Waals surface area contributed by atoms with Crippen LogP contribution in [0.25, 0.3) is 0 Å². The fraction of sp³-hybridized carbons (Fsp3) is 0.538. The molecule has 0 aliphatic heterocycles. The molecule has 1 nitrogen and oxygen atoms in total. The van der Waals surface area contributed by atoms with Crippen LogP contribution in [0.3, 0.4) is 0 Å². The third kappa shape index (κ3) is 4.80. The summed E-state index contributed by atoms with van der Waals surface area (Å²) in [6, 6.07) is 4.00. The first-order valence-electron chi connectivity index (χ1n) is 5.75. The van der Waals surface area contributed by atoms with Crippen LogP contribution in [-0.4, -0.2) is 6.61 Å². The molecule has 1 aromatic carbocycles. The van der Waals surface area contributed by atoms with E-state index in [9.17, 15) is 0 Å². The highest BCUT2D eigenvalue weighted by Gasteiger charge is 2.10. The molecule has 0 saturated carbocycles. The summed E-state index contributed by atoms with van der Waals surface area (Å²) in [6.45, 7) is 5.14. The summed E-state index contributed by atoms with van der Waals surface area (Å²) in [4.78, 5) is 0. The average molecular weight is 385 g/mol. The van der Waals surface area contributed by atoms with Gasteiger partial charge in [-0.25, -0.2) is 0 Å². The van der Waals surface area contributed by atoms with Crippen molar-refractivity contribution in [1.29, 1.82) is 0 Å². The first-order chi connectivity index (χ1) is 8.08. The topological polar surface area (TPSA) is 9.23 Å². The van der Waals surface area contributed by atoms with Crippen molar-refractivity contribution in [3.8, 4) is 5.75 Å². The Labute approximate surface area is 125 Å². The van der Waals surface area contributed by atoms with Crippen LogP contribution in [0.2, 0.25) is 0 Å². The van der Waals surface area contributed by atoms with Crippen molar-refractivity contribution in [2.75, 3.05) is 6.61 Å². The monoisotopic (exact) mass is 382 g/mol. The molecular formula is C13H17Br2ClO. The largest absolute Gasteiger partial charge is 0.491 e. The lowest BCUT2D eigenvalue weighted by Gasteiger charge is -2.15. The predicted octanol–water partition coefficient (Wildman–Crippen LogP) is 5.77. The van der Waals surface area contributed by atoms with E-state index in [0.717, 1.165) is 26.9 Å². The summed E-state index contributed by atoms with van der Waals surface area (Å²) in [6.07, 6.45) is 2.38. The highest BCUT2D eigenvalue weighted by atomic mass is 79.9. The fourth-order valence-corrected chi connectivity index (χ4v) is 3.29. The minimum atomic E-state index is 0.504. The van der Waals surface area contributed by atoms with Crippen molar-refractivity contribution < 1.29 is 4.74 Å². The summed E-state index contributed by atoms with van der Waals surface area (Å²) in [7, 11) is 0. The van der Waals surface area contributed by atoms with Gasteiger partial charge in [0.15, 0.2) is 0 Å². The Morgan fingerprint density at radius 1 is 1.29 bits per heavy atom. The summed E-state index contributed by atoms with van der Waals surface area (Å²) in [5, 5.41) is 0. The quantitative estimate of drug-likeness (QED) is 0.566. The summed E-state index contributed by atoms with van der Waals surface area (Å²) < 4.78 is 7.74. The molecule has 96 valence electrons. The molecule has 1 unspecified atom stereocenters. The number of ether oxygens (including phenoxy) is 1. The van der Waals surface area contributed by atoms with Gasteiger partial charge in [0.05, 0.1) is 15.6 Å². The minimum absolute atomic E-state index is 0.504. The van der Waals surface area contributed by atoms with Crippen molar-refractivity contribution in [3.63, 3.8) is 0 Å². The molecule has 0 N–H and O–H groups in total. The van der Waals surface area contributed by atoms with Gasteiger partial charge in [-0.3, -0.25) is 0 Å².